The van der Waals surface area contributed by atoms with Gasteiger partial charge < -0.3 is 20.1 Å². The van der Waals surface area contributed by atoms with Crippen LogP contribution in [0.3, 0.4) is 0 Å². The topological polar surface area (TPSA) is 88.4 Å². The average Bonchev–Trinajstić information content (AvgIpc) is 3.23. The van der Waals surface area contributed by atoms with Gasteiger partial charge in [0.2, 0.25) is 0 Å². The van der Waals surface area contributed by atoms with Crippen LogP contribution in [0.4, 0.5) is 0 Å². The number of hydrogen-bond donors (Lipinski definition) is 3. The van der Waals surface area contributed by atoms with Gasteiger partial charge in [-0.15, -0.1) is 0 Å². The van der Waals surface area contributed by atoms with Gasteiger partial charge in [0.05, 0.1) is 23.9 Å². The van der Waals surface area contributed by atoms with Crippen molar-refractivity contribution >= 4 is 0 Å². The maximum absolute atomic E-state index is 12.0. The molecule has 2 bridgehead atoms. The predicted molar refractivity (Wildman–Crippen MR) is 131 cm³/mol. The Kier molecular flexibility index (Phi) is 5.05. The van der Waals surface area contributed by atoms with Crippen molar-refractivity contribution in [1.82, 2.24) is 0 Å². The van der Waals surface area contributed by atoms with E-state index in [1.54, 1.807) is 0 Å². The average molecular weight is 491 g/mol. The summed E-state index contributed by atoms with van der Waals surface area (Å²) >= 11 is 0. The molecule has 3 aliphatic heterocycles. The van der Waals surface area contributed by atoms with E-state index in [1.165, 1.54) is 0 Å². The summed E-state index contributed by atoms with van der Waals surface area (Å²) < 4.78 is 6.61. The zero-order valence-corrected chi connectivity index (χ0v) is 22.6. The van der Waals surface area contributed by atoms with Crippen LogP contribution >= 0.6 is 0 Å². The normalized spacial score (nSPS) is 58.3. The zero-order valence-electron chi connectivity index (χ0n) is 22.6. The Morgan fingerprint density at radius 1 is 1.00 bits per heavy atom. The number of rotatable bonds is 2. The van der Waals surface area contributed by atoms with Gasteiger partial charge in [0.15, 0.2) is 0 Å². The van der Waals surface area contributed by atoms with Gasteiger partial charge in [-0.1, -0.05) is 47.6 Å². The molecule has 13 atom stereocenters. The second kappa shape index (κ2) is 7.12. The summed E-state index contributed by atoms with van der Waals surface area (Å²) in [4.78, 5) is 12.7. The van der Waals surface area contributed by atoms with E-state index in [-0.39, 0.29) is 46.2 Å². The van der Waals surface area contributed by atoms with Gasteiger partial charge in [-0.2, -0.15) is 0 Å². The zero-order chi connectivity index (χ0) is 25.4. The Balaban J connectivity index is 1.35. The van der Waals surface area contributed by atoms with Crippen LogP contribution in [0.2, 0.25) is 0 Å². The molecule has 5 fully saturated rings. The van der Waals surface area contributed by atoms with Crippen molar-refractivity contribution in [3.05, 3.63) is 12.2 Å². The monoisotopic (exact) mass is 490 g/mol. The summed E-state index contributed by atoms with van der Waals surface area (Å²) in [6, 6.07) is 0. The Bertz CT molecular complexity index is 925. The molecular formula is C29H46O6. The molecule has 3 saturated carbocycles. The molecule has 0 aromatic heterocycles. The van der Waals surface area contributed by atoms with E-state index in [0.29, 0.717) is 12.3 Å². The fourth-order valence-corrected chi connectivity index (χ4v) is 9.97. The standard InChI is InChI=1S/C29H46O6/c1-16(24(2,3)4)21(31)23-27(7,32)22-18(33-23)14-20-25(22,5)10-9-19-26(6)11-8-17(30)15-28(26)12-13-29(19,20)35-34-28/h12-13,16-23,30-32H,8-11,14-15H2,1-7H3. The van der Waals surface area contributed by atoms with E-state index in [9.17, 15) is 15.3 Å². The Morgan fingerprint density at radius 3 is 2.34 bits per heavy atom. The minimum Gasteiger partial charge on any atom is -0.393 e. The lowest BCUT2D eigenvalue weighted by Gasteiger charge is -2.69. The molecule has 0 aromatic carbocycles. The molecule has 3 heterocycles. The van der Waals surface area contributed by atoms with Crippen molar-refractivity contribution in [2.24, 2.45) is 39.9 Å². The van der Waals surface area contributed by atoms with Gasteiger partial charge >= 0.3 is 0 Å². The smallest absolute Gasteiger partial charge is 0.130 e. The summed E-state index contributed by atoms with van der Waals surface area (Å²) in [5, 5.41) is 33.8. The van der Waals surface area contributed by atoms with Crippen LogP contribution in [-0.2, 0) is 14.5 Å². The summed E-state index contributed by atoms with van der Waals surface area (Å²) in [5.41, 5.74) is -2.59. The lowest BCUT2D eigenvalue weighted by atomic mass is 9.42. The molecule has 7 aliphatic rings. The van der Waals surface area contributed by atoms with Gasteiger partial charge in [-0.3, -0.25) is 0 Å². The maximum Gasteiger partial charge on any atom is 0.130 e. The lowest BCUT2D eigenvalue weighted by molar-refractivity contribution is -0.498. The van der Waals surface area contributed by atoms with Crippen LogP contribution in [0.15, 0.2) is 12.2 Å². The molecule has 4 aliphatic carbocycles. The quantitative estimate of drug-likeness (QED) is 0.398. The third kappa shape index (κ3) is 2.88. The van der Waals surface area contributed by atoms with Crippen molar-refractivity contribution in [1.29, 1.82) is 0 Å². The summed E-state index contributed by atoms with van der Waals surface area (Å²) in [6.07, 6.45) is 7.75. The van der Waals surface area contributed by atoms with Crippen molar-refractivity contribution in [2.45, 2.75) is 128 Å². The first kappa shape index (κ1) is 24.8. The molecule has 6 nitrogen and oxygen atoms in total. The summed E-state index contributed by atoms with van der Waals surface area (Å²) in [7, 11) is 0. The van der Waals surface area contributed by atoms with Crippen molar-refractivity contribution in [3.63, 3.8) is 0 Å². The fourth-order valence-electron chi connectivity index (χ4n) is 9.97. The van der Waals surface area contributed by atoms with E-state index in [4.69, 9.17) is 14.5 Å². The number of aliphatic hydroxyl groups excluding tert-OH is 2. The molecule has 0 aromatic rings. The van der Waals surface area contributed by atoms with E-state index < -0.39 is 29.0 Å². The second-order valence-corrected chi connectivity index (χ2v) is 14.9. The SMILES string of the molecule is CC(C(O)C1OC2CC3C(C)(CCC4C35C=CC3(CC(O)CCC43C)OO5)C2C1(C)O)C(C)(C)C. The van der Waals surface area contributed by atoms with Crippen LogP contribution in [0.1, 0.15) is 87.0 Å². The molecule has 0 radical (unpaired) electrons. The molecule has 2 spiro atoms. The third-order valence-electron chi connectivity index (χ3n) is 12.3. The first-order valence-electron chi connectivity index (χ1n) is 13.9. The Morgan fingerprint density at radius 2 is 1.71 bits per heavy atom. The lowest BCUT2D eigenvalue weighted by Crippen LogP contribution is -2.73. The molecule has 7 rings (SSSR count). The van der Waals surface area contributed by atoms with Gasteiger partial charge in [0, 0.05) is 29.6 Å². The molecule has 3 N–H and O–H groups in total. The van der Waals surface area contributed by atoms with Gasteiger partial charge in [0.1, 0.15) is 17.3 Å². The number of aliphatic hydroxyl groups is 3. The highest BCUT2D eigenvalue weighted by Gasteiger charge is 2.78. The fraction of sp³-hybridized carbons (Fsp3) is 0.931. The van der Waals surface area contributed by atoms with Gasteiger partial charge in [0.25, 0.3) is 0 Å². The van der Waals surface area contributed by atoms with Crippen LogP contribution in [0.25, 0.3) is 0 Å². The first-order valence-corrected chi connectivity index (χ1v) is 13.9. The highest BCUT2D eigenvalue weighted by atomic mass is 17.2. The minimum atomic E-state index is -1.13. The minimum absolute atomic E-state index is 0.0122. The number of ether oxygens (including phenoxy) is 1. The number of fused-ring (bicyclic) bond motifs is 4. The van der Waals surface area contributed by atoms with Crippen LogP contribution in [0, 0.1) is 39.9 Å². The highest BCUT2D eigenvalue weighted by molar-refractivity contribution is 5.34. The predicted octanol–water partition coefficient (Wildman–Crippen LogP) is 4.16. The molecule has 198 valence electrons. The van der Waals surface area contributed by atoms with E-state index in [2.05, 4.69) is 53.7 Å². The summed E-state index contributed by atoms with van der Waals surface area (Å²) in [6.45, 7) is 15.0. The van der Waals surface area contributed by atoms with Crippen LogP contribution < -0.4 is 0 Å². The van der Waals surface area contributed by atoms with E-state index >= 15 is 0 Å². The van der Waals surface area contributed by atoms with Crippen LogP contribution in [-0.4, -0.2) is 56.5 Å². The second-order valence-electron chi connectivity index (χ2n) is 14.9. The maximum atomic E-state index is 12.0. The van der Waals surface area contributed by atoms with Gasteiger partial charge in [-0.05, 0) is 61.9 Å². The molecule has 13 unspecified atom stereocenters. The van der Waals surface area contributed by atoms with Crippen molar-refractivity contribution < 1.29 is 29.8 Å². The molecule has 2 saturated heterocycles. The molecule has 0 amide bonds. The Labute approximate surface area is 210 Å². The van der Waals surface area contributed by atoms with E-state index in [0.717, 1.165) is 32.1 Å². The van der Waals surface area contributed by atoms with Gasteiger partial charge in [-0.25, -0.2) is 9.78 Å². The molecule has 6 heteroatoms. The third-order valence-corrected chi connectivity index (χ3v) is 12.3. The Hall–Kier alpha value is -0.500. The highest BCUT2D eigenvalue weighted by Crippen LogP contribution is 2.74. The number of hydrogen-bond acceptors (Lipinski definition) is 6. The molecule has 35 heavy (non-hydrogen) atoms. The summed E-state index contributed by atoms with van der Waals surface area (Å²) in [5.74, 6) is 0.382. The largest absolute Gasteiger partial charge is 0.393 e. The van der Waals surface area contributed by atoms with Crippen molar-refractivity contribution in [3.8, 4) is 0 Å². The van der Waals surface area contributed by atoms with E-state index in [1.807, 2.05) is 6.92 Å². The molecular weight excluding hydrogens is 444 g/mol. The van der Waals surface area contributed by atoms with Crippen LogP contribution in [0.5, 0.6) is 0 Å². The van der Waals surface area contributed by atoms with Crippen molar-refractivity contribution in [2.75, 3.05) is 0 Å². The first-order chi connectivity index (χ1) is 16.1.